The molecular formula is C16H22N2O2. The van der Waals surface area contributed by atoms with Gasteiger partial charge in [0.25, 0.3) is 0 Å². The molecule has 0 amide bonds. The number of ether oxygens (including phenoxy) is 1. The smallest absolute Gasteiger partial charge is 0.118 e. The average Bonchev–Trinajstić information content (AvgIpc) is 2.98. The Bertz CT molecular complexity index is 480. The van der Waals surface area contributed by atoms with Gasteiger partial charge in [-0.2, -0.15) is 0 Å². The molecule has 20 heavy (non-hydrogen) atoms. The molecule has 2 rings (SSSR count). The van der Waals surface area contributed by atoms with E-state index >= 15 is 0 Å². The van der Waals surface area contributed by atoms with Gasteiger partial charge < -0.3 is 19.4 Å². The lowest BCUT2D eigenvalue weighted by atomic mass is 10.2. The van der Waals surface area contributed by atoms with Crippen LogP contribution in [-0.4, -0.2) is 32.1 Å². The predicted octanol–water partition coefficient (Wildman–Crippen LogP) is 2.51. The summed E-state index contributed by atoms with van der Waals surface area (Å²) in [6.07, 6.45) is 1.70. The maximum atomic E-state index is 5.27. The standard InChI is InChI=1S/C16H22N2O2/c1-18(10-9-17-12-16-4-3-11-20-16)13-14-5-7-15(19-2)8-6-14/h3-8,11,17H,9-10,12-13H2,1-2H3. The third kappa shape index (κ3) is 4.72. The normalized spacial score (nSPS) is 10.9. The number of nitrogens with zero attached hydrogens (tertiary/aromatic N) is 1. The summed E-state index contributed by atoms with van der Waals surface area (Å²) in [5, 5.41) is 3.37. The van der Waals surface area contributed by atoms with Gasteiger partial charge in [-0.05, 0) is 36.9 Å². The van der Waals surface area contributed by atoms with Crippen molar-refractivity contribution < 1.29 is 9.15 Å². The van der Waals surface area contributed by atoms with Crippen LogP contribution in [0.1, 0.15) is 11.3 Å². The number of furan rings is 1. The second-order valence-corrected chi connectivity index (χ2v) is 4.84. The van der Waals surface area contributed by atoms with E-state index in [-0.39, 0.29) is 0 Å². The SMILES string of the molecule is COc1ccc(CN(C)CCNCc2ccco2)cc1. The number of hydrogen-bond donors (Lipinski definition) is 1. The van der Waals surface area contributed by atoms with E-state index < -0.39 is 0 Å². The Balaban J connectivity index is 1.65. The number of hydrogen-bond acceptors (Lipinski definition) is 4. The van der Waals surface area contributed by atoms with Crippen LogP contribution >= 0.6 is 0 Å². The average molecular weight is 274 g/mol. The molecule has 1 aromatic carbocycles. The molecule has 1 heterocycles. The van der Waals surface area contributed by atoms with Crippen LogP contribution in [0.2, 0.25) is 0 Å². The number of benzene rings is 1. The highest BCUT2D eigenvalue weighted by molar-refractivity contribution is 5.27. The fraction of sp³-hybridized carbons (Fsp3) is 0.375. The summed E-state index contributed by atoms with van der Waals surface area (Å²) in [5.41, 5.74) is 1.29. The first kappa shape index (κ1) is 14.6. The van der Waals surface area contributed by atoms with Gasteiger partial charge >= 0.3 is 0 Å². The first-order chi connectivity index (χ1) is 9.78. The Morgan fingerprint density at radius 1 is 1.20 bits per heavy atom. The predicted molar refractivity (Wildman–Crippen MR) is 79.7 cm³/mol. The molecule has 0 saturated heterocycles. The lowest BCUT2D eigenvalue weighted by Gasteiger charge is -2.17. The lowest BCUT2D eigenvalue weighted by molar-refractivity contribution is 0.321. The zero-order chi connectivity index (χ0) is 14.2. The quantitative estimate of drug-likeness (QED) is 0.751. The van der Waals surface area contributed by atoms with Gasteiger partial charge in [0.15, 0.2) is 0 Å². The molecule has 2 aromatic rings. The van der Waals surface area contributed by atoms with Crippen LogP contribution in [0.3, 0.4) is 0 Å². The van der Waals surface area contributed by atoms with Gasteiger partial charge in [0, 0.05) is 19.6 Å². The van der Waals surface area contributed by atoms with E-state index in [2.05, 4.69) is 29.4 Å². The number of nitrogens with one attached hydrogen (secondary N) is 1. The minimum Gasteiger partial charge on any atom is -0.497 e. The van der Waals surface area contributed by atoms with Gasteiger partial charge in [0.2, 0.25) is 0 Å². The van der Waals surface area contributed by atoms with Crippen LogP contribution in [0.25, 0.3) is 0 Å². The minimum absolute atomic E-state index is 0.781. The molecule has 1 N–H and O–H groups in total. The molecule has 0 fully saturated rings. The third-order valence-corrected chi connectivity index (χ3v) is 3.16. The highest BCUT2D eigenvalue weighted by atomic mass is 16.5. The van der Waals surface area contributed by atoms with Crippen LogP contribution in [0, 0.1) is 0 Å². The molecule has 0 radical (unpaired) electrons. The molecule has 0 spiro atoms. The van der Waals surface area contributed by atoms with Crippen molar-refractivity contribution >= 4 is 0 Å². The summed E-state index contributed by atoms with van der Waals surface area (Å²) in [4.78, 5) is 2.29. The summed E-state index contributed by atoms with van der Waals surface area (Å²) in [5.74, 6) is 1.87. The highest BCUT2D eigenvalue weighted by Crippen LogP contribution is 2.12. The summed E-state index contributed by atoms with van der Waals surface area (Å²) in [6.45, 7) is 3.65. The zero-order valence-electron chi connectivity index (χ0n) is 12.1. The van der Waals surface area contributed by atoms with Crippen LogP contribution in [0.4, 0.5) is 0 Å². The molecule has 0 saturated carbocycles. The fourth-order valence-electron chi connectivity index (χ4n) is 2.02. The largest absolute Gasteiger partial charge is 0.497 e. The maximum Gasteiger partial charge on any atom is 0.118 e. The Morgan fingerprint density at radius 2 is 2.00 bits per heavy atom. The van der Waals surface area contributed by atoms with Crippen molar-refractivity contribution in [2.75, 3.05) is 27.2 Å². The second kappa shape index (κ2) is 7.72. The van der Waals surface area contributed by atoms with E-state index in [1.165, 1.54) is 5.56 Å². The molecule has 4 nitrogen and oxygen atoms in total. The molecule has 0 unspecified atom stereocenters. The van der Waals surface area contributed by atoms with E-state index in [1.807, 2.05) is 24.3 Å². The Labute approximate surface area is 120 Å². The minimum atomic E-state index is 0.781. The van der Waals surface area contributed by atoms with Crippen molar-refractivity contribution in [2.24, 2.45) is 0 Å². The summed E-state index contributed by atoms with van der Waals surface area (Å²) in [7, 11) is 3.81. The van der Waals surface area contributed by atoms with Gasteiger partial charge in [-0.15, -0.1) is 0 Å². The molecule has 0 aliphatic carbocycles. The third-order valence-electron chi connectivity index (χ3n) is 3.16. The van der Waals surface area contributed by atoms with Crippen molar-refractivity contribution in [3.05, 3.63) is 54.0 Å². The number of rotatable bonds is 8. The Kier molecular flexibility index (Phi) is 5.65. The Morgan fingerprint density at radius 3 is 2.65 bits per heavy atom. The van der Waals surface area contributed by atoms with Crippen LogP contribution in [0.15, 0.2) is 47.1 Å². The van der Waals surface area contributed by atoms with Gasteiger partial charge in [-0.25, -0.2) is 0 Å². The summed E-state index contributed by atoms with van der Waals surface area (Å²) >= 11 is 0. The second-order valence-electron chi connectivity index (χ2n) is 4.84. The monoisotopic (exact) mass is 274 g/mol. The molecular weight excluding hydrogens is 252 g/mol. The van der Waals surface area contributed by atoms with Crippen LogP contribution in [-0.2, 0) is 13.1 Å². The molecule has 0 aliphatic rings. The fourth-order valence-corrected chi connectivity index (χ4v) is 2.02. The van der Waals surface area contributed by atoms with Gasteiger partial charge in [-0.3, -0.25) is 0 Å². The van der Waals surface area contributed by atoms with Crippen molar-refractivity contribution in [1.29, 1.82) is 0 Å². The van der Waals surface area contributed by atoms with E-state index in [0.717, 1.165) is 37.7 Å². The summed E-state index contributed by atoms with van der Waals surface area (Å²) < 4.78 is 10.4. The molecule has 0 bridgehead atoms. The van der Waals surface area contributed by atoms with Gasteiger partial charge in [0.1, 0.15) is 11.5 Å². The molecule has 0 aliphatic heterocycles. The molecule has 0 atom stereocenters. The van der Waals surface area contributed by atoms with E-state index in [0.29, 0.717) is 0 Å². The van der Waals surface area contributed by atoms with E-state index in [1.54, 1.807) is 13.4 Å². The first-order valence-corrected chi connectivity index (χ1v) is 6.82. The van der Waals surface area contributed by atoms with E-state index in [9.17, 15) is 0 Å². The molecule has 108 valence electrons. The summed E-state index contributed by atoms with van der Waals surface area (Å²) in [6, 6.07) is 12.1. The van der Waals surface area contributed by atoms with Crippen molar-refractivity contribution in [2.45, 2.75) is 13.1 Å². The molecule has 1 aromatic heterocycles. The lowest BCUT2D eigenvalue weighted by Crippen LogP contribution is -2.28. The van der Waals surface area contributed by atoms with Gasteiger partial charge in [0.05, 0.1) is 19.9 Å². The van der Waals surface area contributed by atoms with Crippen molar-refractivity contribution in [3.8, 4) is 5.75 Å². The van der Waals surface area contributed by atoms with Crippen molar-refractivity contribution in [3.63, 3.8) is 0 Å². The van der Waals surface area contributed by atoms with Crippen LogP contribution in [0.5, 0.6) is 5.75 Å². The Hall–Kier alpha value is -1.78. The van der Waals surface area contributed by atoms with Gasteiger partial charge in [-0.1, -0.05) is 12.1 Å². The van der Waals surface area contributed by atoms with Crippen LogP contribution < -0.4 is 10.1 Å². The zero-order valence-corrected chi connectivity index (χ0v) is 12.1. The molecule has 4 heteroatoms. The highest BCUT2D eigenvalue weighted by Gasteiger charge is 2.01. The first-order valence-electron chi connectivity index (χ1n) is 6.82. The van der Waals surface area contributed by atoms with E-state index in [4.69, 9.17) is 9.15 Å². The maximum absolute atomic E-state index is 5.27. The van der Waals surface area contributed by atoms with Crippen molar-refractivity contribution in [1.82, 2.24) is 10.2 Å². The number of methoxy groups -OCH3 is 1. The number of likely N-dealkylation sites (N-methyl/N-ethyl adjacent to an activating group) is 1. The topological polar surface area (TPSA) is 37.6 Å².